The average molecular weight is 335 g/mol. The number of aromatic nitrogens is 2. The number of carbonyl (C=O) groups is 1. The van der Waals surface area contributed by atoms with Gasteiger partial charge < -0.3 is 9.42 Å². The summed E-state index contributed by atoms with van der Waals surface area (Å²) in [6, 6.07) is 7.52. The molecule has 1 aliphatic heterocycles. The number of sulfone groups is 1. The Kier molecular flexibility index (Phi) is 4.16. The van der Waals surface area contributed by atoms with Crippen molar-refractivity contribution >= 4 is 21.4 Å². The van der Waals surface area contributed by atoms with Crippen LogP contribution in [0.5, 0.6) is 0 Å². The molecule has 3 rings (SSSR count). The molecule has 0 atom stereocenters. The first-order valence-corrected chi connectivity index (χ1v) is 9.21. The van der Waals surface area contributed by atoms with Gasteiger partial charge in [-0.3, -0.25) is 4.79 Å². The van der Waals surface area contributed by atoms with E-state index in [4.69, 9.17) is 4.52 Å². The van der Waals surface area contributed by atoms with Crippen molar-refractivity contribution in [2.75, 3.05) is 17.2 Å². The maximum absolute atomic E-state index is 12.4. The molecule has 0 radical (unpaired) electrons. The summed E-state index contributed by atoms with van der Waals surface area (Å²) in [4.78, 5) is 17.9. The number of benzene rings is 1. The van der Waals surface area contributed by atoms with Gasteiger partial charge in [0.25, 0.3) is 0 Å². The minimum Gasteiger partial charge on any atom is -0.338 e. The van der Waals surface area contributed by atoms with Gasteiger partial charge in [-0.1, -0.05) is 30.3 Å². The van der Waals surface area contributed by atoms with Gasteiger partial charge in [0, 0.05) is 18.7 Å². The summed E-state index contributed by atoms with van der Waals surface area (Å²) in [6.07, 6.45) is 1.30. The van der Waals surface area contributed by atoms with Crippen molar-refractivity contribution in [3.05, 3.63) is 41.5 Å². The molecule has 2 heterocycles. The van der Waals surface area contributed by atoms with E-state index in [9.17, 15) is 13.2 Å². The Morgan fingerprint density at radius 3 is 2.87 bits per heavy atom. The number of hydrogen-bond acceptors (Lipinski definition) is 6. The summed E-state index contributed by atoms with van der Waals surface area (Å²) in [5, 5.41) is 3.66. The Labute approximate surface area is 134 Å². The summed E-state index contributed by atoms with van der Waals surface area (Å²) in [5.41, 5.74) is 1.85. The smallest absolute Gasteiger partial charge is 0.242 e. The Morgan fingerprint density at radius 1 is 1.35 bits per heavy atom. The van der Waals surface area contributed by atoms with E-state index in [1.165, 1.54) is 4.90 Å². The van der Waals surface area contributed by atoms with E-state index in [1.807, 2.05) is 31.2 Å². The summed E-state index contributed by atoms with van der Waals surface area (Å²) in [6.45, 7) is 2.35. The summed E-state index contributed by atoms with van der Waals surface area (Å²) >= 11 is 0. The third kappa shape index (κ3) is 3.42. The number of rotatable bonds is 5. The van der Waals surface area contributed by atoms with Gasteiger partial charge in [0.05, 0.1) is 0 Å². The van der Waals surface area contributed by atoms with E-state index in [-0.39, 0.29) is 5.89 Å². The van der Waals surface area contributed by atoms with Crippen LogP contribution >= 0.6 is 0 Å². The highest BCUT2D eigenvalue weighted by atomic mass is 32.2. The molecule has 0 saturated heterocycles. The van der Waals surface area contributed by atoms with E-state index in [1.54, 1.807) is 0 Å². The van der Waals surface area contributed by atoms with Gasteiger partial charge in [-0.15, -0.1) is 0 Å². The number of hydrogen-bond donors (Lipinski definition) is 0. The first kappa shape index (κ1) is 15.7. The number of carbonyl (C=O) groups excluding carboxylic acids is 1. The van der Waals surface area contributed by atoms with Crippen LogP contribution in [0.4, 0.5) is 5.69 Å². The normalized spacial score (nSPS) is 14.0. The van der Waals surface area contributed by atoms with Gasteiger partial charge in [0.1, 0.15) is 11.5 Å². The molecule has 1 aliphatic rings. The van der Waals surface area contributed by atoms with Crippen LogP contribution in [0.15, 0.2) is 28.8 Å². The van der Waals surface area contributed by atoms with Gasteiger partial charge in [0.15, 0.2) is 15.7 Å². The highest BCUT2D eigenvalue weighted by Crippen LogP contribution is 2.27. The first-order valence-electron chi connectivity index (χ1n) is 7.38. The zero-order valence-electron chi connectivity index (χ0n) is 12.7. The average Bonchev–Trinajstić information content (AvgIpc) is 3.12. The van der Waals surface area contributed by atoms with Crippen LogP contribution in [0, 0.1) is 0 Å². The van der Waals surface area contributed by atoms with Crippen LogP contribution in [0.3, 0.4) is 0 Å². The maximum atomic E-state index is 12.4. The lowest BCUT2D eigenvalue weighted by molar-refractivity contribution is -0.116. The molecule has 8 heteroatoms. The zero-order valence-corrected chi connectivity index (χ0v) is 13.5. The van der Waals surface area contributed by atoms with Crippen molar-refractivity contribution in [2.45, 2.75) is 25.5 Å². The molecule has 7 nitrogen and oxygen atoms in total. The lowest BCUT2D eigenvalue weighted by Crippen LogP contribution is -2.34. The van der Waals surface area contributed by atoms with Crippen molar-refractivity contribution < 1.29 is 17.7 Å². The molecule has 1 amide bonds. The summed E-state index contributed by atoms with van der Waals surface area (Å²) < 4.78 is 29.3. The molecule has 0 unspecified atom stereocenters. The van der Waals surface area contributed by atoms with Crippen molar-refractivity contribution in [3.8, 4) is 0 Å². The van der Waals surface area contributed by atoms with E-state index < -0.39 is 27.3 Å². The minimum absolute atomic E-state index is 0.0245. The van der Waals surface area contributed by atoms with Crippen molar-refractivity contribution in [2.24, 2.45) is 0 Å². The molecule has 1 aromatic heterocycles. The molecule has 0 fully saturated rings. The van der Waals surface area contributed by atoms with Crippen LogP contribution in [0.25, 0.3) is 0 Å². The molecule has 0 aliphatic carbocycles. The Balaban J connectivity index is 1.70. The van der Waals surface area contributed by atoms with Crippen molar-refractivity contribution in [3.63, 3.8) is 0 Å². The van der Waals surface area contributed by atoms with Crippen molar-refractivity contribution in [1.82, 2.24) is 10.1 Å². The number of anilines is 1. The lowest BCUT2D eigenvalue weighted by Gasteiger charge is -2.16. The highest BCUT2D eigenvalue weighted by molar-refractivity contribution is 7.91. The van der Waals surface area contributed by atoms with Gasteiger partial charge >= 0.3 is 0 Å². The first-order chi connectivity index (χ1) is 11.0. The summed E-state index contributed by atoms with van der Waals surface area (Å²) in [5.74, 6) is -0.927. The van der Waals surface area contributed by atoms with Crippen LogP contribution in [0.2, 0.25) is 0 Å². The van der Waals surface area contributed by atoms with Crippen LogP contribution < -0.4 is 4.90 Å². The standard InChI is InChI=1S/C15H17N3O4S/c1-2-13-16-14(22-17-13)9-23(20,21)10-15(19)18-8-7-11-5-3-4-6-12(11)18/h3-6H,2,7-10H2,1H3. The Bertz CT molecular complexity index is 829. The monoisotopic (exact) mass is 335 g/mol. The lowest BCUT2D eigenvalue weighted by atomic mass is 10.2. The molecule has 0 N–H and O–H groups in total. The third-order valence-electron chi connectivity index (χ3n) is 3.70. The van der Waals surface area contributed by atoms with E-state index in [0.29, 0.717) is 18.8 Å². The Morgan fingerprint density at radius 2 is 2.13 bits per heavy atom. The molecule has 0 bridgehead atoms. The Hall–Kier alpha value is -2.22. The quantitative estimate of drug-likeness (QED) is 0.813. The fourth-order valence-corrected chi connectivity index (χ4v) is 3.72. The molecular formula is C15H17N3O4S. The van der Waals surface area contributed by atoms with E-state index in [0.717, 1.165) is 17.7 Å². The molecular weight excluding hydrogens is 318 g/mol. The SMILES string of the molecule is CCc1noc(CS(=O)(=O)CC(=O)N2CCc3ccccc32)n1. The molecule has 0 spiro atoms. The van der Waals surface area contributed by atoms with Gasteiger partial charge in [-0.2, -0.15) is 4.98 Å². The second kappa shape index (κ2) is 6.11. The van der Waals surface area contributed by atoms with Crippen LogP contribution in [-0.2, 0) is 33.2 Å². The molecule has 2 aromatic rings. The predicted octanol–water partition coefficient (Wildman–Crippen LogP) is 1.14. The molecule has 23 heavy (non-hydrogen) atoms. The molecule has 1 aromatic carbocycles. The van der Waals surface area contributed by atoms with Crippen LogP contribution in [-0.4, -0.2) is 36.8 Å². The van der Waals surface area contributed by atoms with Gasteiger partial charge in [-0.05, 0) is 18.1 Å². The minimum atomic E-state index is -3.66. The van der Waals surface area contributed by atoms with Gasteiger partial charge in [0.2, 0.25) is 11.8 Å². The third-order valence-corrected chi connectivity index (χ3v) is 5.07. The fourth-order valence-electron chi connectivity index (χ4n) is 2.59. The predicted molar refractivity (Wildman–Crippen MR) is 83.7 cm³/mol. The van der Waals surface area contributed by atoms with E-state index >= 15 is 0 Å². The number of nitrogens with zero attached hydrogens (tertiary/aromatic N) is 3. The van der Waals surface area contributed by atoms with Crippen molar-refractivity contribution in [1.29, 1.82) is 0 Å². The number of amides is 1. The number of aryl methyl sites for hydroxylation is 1. The van der Waals surface area contributed by atoms with Gasteiger partial charge in [-0.25, -0.2) is 8.42 Å². The largest absolute Gasteiger partial charge is 0.338 e. The highest BCUT2D eigenvalue weighted by Gasteiger charge is 2.29. The number of para-hydroxylation sites is 1. The zero-order chi connectivity index (χ0) is 16.4. The van der Waals surface area contributed by atoms with Crippen LogP contribution in [0.1, 0.15) is 24.2 Å². The topological polar surface area (TPSA) is 93.4 Å². The number of fused-ring (bicyclic) bond motifs is 1. The van der Waals surface area contributed by atoms with E-state index in [2.05, 4.69) is 10.1 Å². The summed E-state index contributed by atoms with van der Waals surface area (Å²) in [7, 11) is -3.66. The fraction of sp³-hybridized carbons (Fsp3) is 0.400. The molecule has 0 saturated carbocycles. The maximum Gasteiger partial charge on any atom is 0.242 e. The second-order valence-corrected chi connectivity index (χ2v) is 7.48. The second-order valence-electron chi connectivity index (χ2n) is 5.41. The molecule has 122 valence electrons.